The van der Waals surface area contributed by atoms with E-state index in [9.17, 15) is 4.79 Å². The van der Waals surface area contributed by atoms with E-state index >= 15 is 0 Å². The number of anilines is 1. The van der Waals surface area contributed by atoms with E-state index in [1.807, 2.05) is 6.07 Å². The molecule has 1 fully saturated rings. The molecule has 3 aromatic rings. The molecule has 0 unspecified atom stereocenters. The highest BCUT2D eigenvalue weighted by molar-refractivity contribution is 6.39. The summed E-state index contributed by atoms with van der Waals surface area (Å²) in [6.45, 7) is 5.47. The zero-order valence-corrected chi connectivity index (χ0v) is 18.3. The number of nitrogens with one attached hydrogen (secondary N) is 1. The van der Waals surface area contributed by atoms with Gasteiger partial charge in [0, 0.05) is 49.9 Å². The molecule has 6 nitrogen and oxygen atoms in total. The summed E-state index contributed by atoms with van der Waals surface area (Å²) < 4.78 is 6.99. The van der Waals surface area contributed by atoms with Crippen molar-refractivity contribution in [3.05, 3.63) is 56.9 Å². The van der Waals surface area contributed by atoms with Gasteiger partial charge in [0.2, 0.25) is 0 Å². The van der Waals surface area contributed by atoms with Crippen LogP contribution < -0.4 is 10.9 Å². The Balaban J connectivity index is 1.53. The number of morpholine rings is 1. The molecule has 0 amide bonds. The summed E-state index contributed by atoms with van der Waals surface area (Å²) in [5, 5.41) is 5.11. The molecule has 0 spiro atoms. The molecule has 3 heterocycles. The summed E-state index contributed by atoms with van der Waals surface area (Å²) in [7, 11) is 1.75. The molecule has 0 atom stereocenters. The molecule has 2 aromatic heterocycles. The Morgan fingerprint density at radius 3 is 2.63 bits per heavy atom. The van der Waals surface area contributed by atoms with Gasteiger partial charge < -0.3 is 14.6 Å². The number of pyridine rings is 2. The van der Waals surface area contributed by atoms with E-state index in [0.29, 0.717) is 21.2 Å². The maximum atomic E-state index is 13.0. The van der Waals surface area contributed by atoms with Gasteiger partial charge in [0.15, 0.2) is 0 Å². The summed E-state index contributed by atoms with van der Waals surface area (Å²) in [5.41, 5.74) is 1.67. The van der Waals surface area contributed by atoms with Gasteiger partial charge in [-0.1, -0.05) is 29.3 Å². The fraction of sp³-hybridized carbons (Fsp3) is 0.364. The van der Waals surface area contributed by atoms with Crippen molar-refractivity contribution in [1.29, 1.82) is 0 Å². The van der Waals surface area contributed by atoms with Gasteiger partial charge in [-0.25, -0.2) is 4.98 Å². The Labute approximate surface area is 185 Å². The van der Waals surface area contributed by atoms with Gasteiger partial charge in [-0.3, -0.25) is 9.69 Å². The van der Waals surface area contributed by atoms with Gasteiger partial charge in [-0.15, -0.1) is 0 Å². The van der Waals surface area contributed by atoms with Gasteiger partial charge in [-0.2, -0.15) is 0 Å². The quantitative estimate of drug-likeness (QED) is 0.578. The van der Waals surface area contributed by atoms with E-state index in [1.165, 1.54) is 0 Å². The van der Waals surface area contributed by atoms with Gasteiger partial charge in [0.1, 0.15) is 5.82 Å². The third-order valence-corrected chi connectivity index (χ3v) is 6.03. The Morgan fingerprint density at radius 2 is 1.90 bits per heavy atom. The topological polar surface area (TPSA) is 59.4 Å². The predicted octanol–water partition coefficient (Wildman–Crippen LogP) is 4.04. The summed E-state index contributed by atoms with van der Waals surface area (Å²) in [4.78, 5) is 19.9. The molecule has 158 valence electrons. The van der Waals surface area contributed by atoms with Gasteiger partial charge >= 0.3 is 0 Å². The molecule has 1 aliphatic rings. The van der Waals surface area contributed by atoms with Crippen LogP contribution in [0.2, 0.25) is 10.0 Å². The lowest BCUT2D eigenvalue weighted by molar-refractivity contribution is 0.0378. The second-order valence-corrected chi connectivity index (χ2v) is 8.20. The number of halogens is 2. The van der Waals surface area contributed by atoms with Crippen molar-refractivity contribution in [2.45, 2.75) is 6.42 Å². The van der Waals surface area contributed by atoms with Crippen LogP contribution in [-0.2, 0) is 11.8 Å². The van der Waals surface area contributed by atoms with Crippen LogP contribution in [0.15, 0.2) is 41.3 Å². The van der Waals surface area contributed by atoms with Gasteiger partial charge in [0.05, 0.1) is 34.3 Å². The Bertz CT molecular complexity index is 1090. The lowest BCUT2D eigenvalue weighted by Crippen LogP contribution is -2.37. The average Bonchev–Trinajstić information content (AvgIpc) is 2.75. The number of hydrogen-bond donors (Lipinski definition) is 1. The zero-order valence-electron chi connectivity index (χ0n) is 16.8. The Morgan fingerprint density at radius 1 is 1.17 bits per heavy atom. The fourth-order valence-corrected chi connectivity index (χ4v) is 4.34. The molecule has 0 radical (unpaired) electrons. The lowest BCUT2D eigenvalue weighted by Gasteiger charge is -2.26. The number of aromatic nitrogens is 2. The number of nitrogens with zero attached hydrogens (tertiary/aromatic N) is 3. The maximum absolute atomic E-state index is 13.0. The van der Waals surface area contributed by atoms with Crippen LogP contribution in [0.1, 0.15) is 6.42 Å². The number of rotatable bonds is 6. The summed E-state index contributed by atoms with van der Waals surface area (Å²) in [6, 6.07) is 8.94. The third kappa shape index (κ3) is 4.47. The molecule has 1 N–H and O–H groups in total. The van der Waals surface area contributed by atoms with E-state index in [1.54, 1.807) is 42.1 Å². The predicted molar refractivity (Wildman–Crippen MR) is 123 cm³/mol. The molecule has 0 bridgehead atoms. The van der Waals surface area contributed by atoms with E-state index < -0.39 is 0 Å². The highest BCUT2D eigenvalue weighted by Gasteiger charge is 2.15. The van der Waals surface area contributed by atoms with E-state index in [-0.39, 0.29) is 5.56 Å². The minimum atomic E-state index is -0.151. The van der Waals surface area contributed by atoms with Crippen LogP contribution in [0.25, 0.3) is 22.0 Å². The molecule has 8 heteroatoms. The standard InChI is InChI=1S/C22H24Cl2N4O2/c1-27-19-13-20(25-6-3-7-28-8-10-30-11-9-28)26-14-15(19)12-16(22(27)29)21-17(23)4-2-5-18(21)24/h2,4-5,12-14H,3,6-11H2,1H3,(H,25,26). The number of fused-ring (bicyclic) bond motifs is 1. The van der Waals surface area contributed by atoms with Crippen molar-refractivity contribution in [3.8, 4) is 11.1 Å². The molecular formula is C22H24Cl2N4O2. The van der Waals surface area contributed by atoms with Gasteiger partial charge in [0.25, 0.3) is 5.56 Å². The molecule has 1 saturated heterocycles. The molecule has 0 saturated carbocycles. The second-order valence-electron chi connectivity index (χ2n) is 7.38. The first-order chi connectivity index (χ1) is 14.5. The Hall–Kier alpha value is -2.12. The second kappa shape index (κ2) is 9.35. The number of benzene rings is 1. The highest BCUT2D eigenvalue weighted by atomic mass is 35.5. The monoisotopic (exact) mass is 446 g/mol. The molecule has 30 heavy (non-hydrogen) atoms. The first kappa shape index (κ1) is 21.1. The van der Waals surface area contributed by atoms with Crippen molar-refractivity contribution in [1.82, 2.24) is 14.5 Å². The van der Waals surface area contributed by atoms with E-state index in [4.69, 9.17) is 27.9 Å². The molecule has 4 rings (SSSR count). The third-order valence-electron chi connectivity index (χ3n) is 5.40. The number of hydrogen-bond acceptors (Lipinski definition) is 5. The van der Waals surface area contributed by atoms with Crippen molar-refractivity contribution in [2.24, 2.45) is 7.05 Å². The van der Waals surface area contributed by atoms with Crippen LogP contribution in [0.4, 0.5) is 5.82 Å². The molecular weight excluding hydrogens is 423 g/mol. The smallest absolute Gasteiger partial charge is 0.258 e. The summed E-state index contributed by atoms with van der Waals surface area (Å²) in [5.74, 6) is 0.753. The highest BCUT2D eigenvalue weighted by Crippen LogP contribution is 2.34. The maximum Gasteiger partial charge on any atom is 0.258 e. The van der Waals surface area contributed by atoms with Crippen molar-refractivity contribution in [2.75, 3.05) is 44.7 Å². The van der Waals surface area contributed by atoms with Crippen LogP contribution in [0.5, 0.6) is 0 Å². The van der Waals surface area contributed by atoms with Crippen LogP contribution in [0, 0.1) is 0 Å². The minimum absolute atomic E-state index is 0.151. The van der Waals surface area contributed by atoms with E-state index in [0.717, 1.165) is 62.5 Å². The molecule has 1 aliphatic heterocycles. The molecule has 1 aromatic carbocycles. The zero-order chi connectivity index (χ0) is 21.1. The average molecular weight is 447 g/mol. The minimum Gasteiger partial charge on any atom is -0.379 e. The van der Waals surface area contributed by atoms with Crippen LogP contribution in [-0.4, -0.2) is 53.8 Å². The van der Waals surface area contributed by atoms with E-state index in [2.05, 4.69) is 15.2 Å². The SMILES string of the molecule is Cn1c(=O)c(-c2c(Cl)cccc2Cl)cc2cnc(NCCCN3CCOCC3)cc21. The summed E-state index contributed by atoms with van der Waals surface area (Å²) in [6.07, 6.45) is 2.79. The van der Waals surface area contributed by atoms with Crippen molar-refractivity contribution in [3.63, 3.8) is 0 Å². The van der Waals surface area contributed by atoms with Crippen molar-refractivity contribution < 1.29 is 4.74 Å². The summed E-state index contributed by atoms with van der Waals surface area (Å²) >= 11 is 12.6. The largest absolute Gasteiger partial charge is 0.379 e. The Kier molecular flexibility index (Phi) is 6.58. The lowest BCUT2D eigenvalue weighted by atomic mass is 10.1. The number of aryl methyl sites for hydroxylation is 1. The van der Waals surface area contributed by atoms with Gasteiger partial charge in [-0.05, 0) is 31.2 Å². The first-order valence-corrected chi connectivity index (χ1v) is 10.8. The van der Waals surface area contributed by atoms with Crippen LogP contribution >= 0.6 is 23.2 Å². The first-order valence-electron chi connectivity index (χ1n) is 10.0. The number of ether oxygens (including phenoxy) is 1. The van der Waals surface area contributed by atoms with Crippen LogP contribution in [0.3, 0.4) is 0 Å². The fourth-order valence-electron chi connectivity index (χ4n) is 3.74. The normalized spacial score (nSPS) is 14.9. The van der Waals surface area contributed by atoms with Crippen molar-refractivity contribution >= 4 is 39.9 Å². The molecule has 0 aliphatic carbocycles.